The lowest BCUT2D eigenvalue weighted by Gasteiger charge is -2.13. The molecule has 0 aromatic heterocycles. The molecule has 0 amide bonds. The highest BCUT2D eigenvalue weighted by molar-refractivity contribution is 7.89. The van der Waals surface area contributed by atoms with Gasteiger partial charge < -0.3 is 5.32 Å². The Morgan fingerprint density at radius 3 is 2.50 bits per heavy atom. The third-order valence-corrected chi connectivity index (χ3v) is 3.50. The lowest BCUT2D eigenvalue weighted by Crippen LogP contribution is -2.36. The summed E-state index contributed by atoms with van der Waals surface area (Å²) in [4.78, 5) is 0. The average molecular weight is 222 g/mol. The molecule has 5 heteroatoms. The fourth-order valence-electron chi connectivity index (χ4n) is 1.17. The van der Waals surface area contributed by atoms with Gasteiger partial charge in [-0.2, -0.15) is 0 Å². The second-order valence-corrected chi connectivity index (χ2v) is 5.46. The maximum absolute atomic E-state index is 11.4. The van der Waals surface area contributed by atoms with E-state index >= 15 is 0 Å². The molecular weight excluding hydrogens is 200 g/mol. The van der Waals surface area contributed by atoms with Crippen molar-refractivity contribution in [3.05, 3.63) is 0 Å². The molecule has 86 valence electrons. The average Bonchev–Trinajstić information content (AvgIpc) is 2.11. The summed E-state index contributed by atoms with van der Waals surface area (Å²) in [5.41, 5.74) is 0. The first-order valence-electron chi connectivity index (χ1n) is 5.16. The molecule has 0 aliphatic heterocycles. The van der Waals surface area contributed by atoms with E-state index in [1.807, 2.05) is 6.92 Å². The van der Waals surface area contributed by atoms with Crippen LogP contribution in [0.15, 0.2) is 0 Å². The quantitative estimate of drug-likeness (QED) is 0.636. The van der Waals surface area contributed by atoms with E-state index in [1.165, 1.54) is 0 Å². The third-order valence-electron chi connectivity index (χ3n) is 1.99. The molecule has 0 radical (unpaired) electrons. The molecule has 4 nitrogen and oxygen atoms in total. The van der Waals surface area contributed by atoms with Crippen molar-refractivity contribution in [2.24, 2.45) is 0 Å². The van der Waals surface area contributed by atoms with Crippen LogP contribution in [0.3, 0.4) is 0 Å². The van der Waals surface area contributed by atoms with Gasteiger partial charge in [0.05, 0.1) is 5.75 Å². The first-order chi connectivity index (χ1) is 6.52. The second-order valence-electron chi connectivity index (χ2n) is 3.58. The highest BCUT2D eigenvalue weighted by atomic mass is 32.2. The molecule has 0 heterocycles. The van der Waals surface area contributed by atoms with E-state index in [9.17, 15) is 8.42 Å². The minimum Gasteiger partial charge on any atom is -0.319 e. The van der Waals surface area contributed by atoms with E-state index in [0.717, 1.165) is 19.3 Å². The third kappa shape index (κ3) is 7.29. The summed E-state index contributed by atoms with van der Waals surface area (Å²) in [7, 11) is -1.34. The Balaban J connectivity index is 3.83. The summed E-state index contributed by atoms with van der Waals surface area (Å²) in [6.45, 7) is 4.50. The lowest BCUT2D eigenvalue weighted by molar-refractivity contribution is 0.533. The molecule has 0 aromatic rings. The van der Waals surface area contributed by atoms with Crippen LogP contribution in [-0.2, 0) is 10.0 Å². The van der Waals surface area contributed by atoms with E-state index < -0.39 is 10.0 Å². The maximum atomic E-state index is 11.4. The van der Waals surface area contributed by atoms with Crippen LogP contribution in [0, 0.1) is 0 Å². The molecule has 0 aliphatic carbocycles. The number of sulfonamides is 1. The van der Waals surface area contributed by atoms with Crippen LogP contribution >= 0.6 is 0 Å². The van der Waals surface area contributed by atoms with Crippen molar-refractivity contribution in [3.63, 3.8) is 0 Å². The van der Waals surface area contributed by atoms with Gasteiger partial charge in [-0.1, -0.05) is 19.8 Å². The van der Waals surface area contributed by atoms with Crippen LogP contribution < -0.4 is 10.0 Å². The summed E-state index contributed by atoms with van der Waals surface area (Å²) in [5.74, 6) is 0.153. The van der Waals surface area contributed by atoms with E-state index in [2.05, 4.69) is 17.0 Å². The Morgan fingerprint density at radius 2 is 2.00 bits per heavy atom. The molecule has 0 aliphatic rings. The standard InChI is InChI=1S/C9H22N2O2S/c1-4-5-6-9(2)11-14(12,13)8-7-10-3/h9-11H,4-8H2,1-3H3. The lowest BCUT2D eigenvalue weighted by atomic mass is 10.2. The zero-order valence-corrected chi connectivity index (χ0v) is 10.2. The second kappa shape index (κ2) is 7.20. The first-order valence-corrected chi connectivity index (χ1v) is 6.81. The molecule has 0 fully saturated rings. The molecule has 0 saturated heterocycles. The van der Waals surface area contributed by atoms with Crippen molar-refractivity contribution in [1.82, 2.24) is 10.0 Å². The summed E-state index contributed by atoms with van der Waals surface area (Å²) >= 11 is 0. The van der Waals surface area contributed by atoms with Gasteiger partial charge in [0.2, 0.25) is 10.0 Å². The van der Waals surface area contributed by atoms with Crippen molar-refractivity contribution in [3.8, 4) is 0 Å². The van der Waals surface area contributed by atoms with E-state index in [4.69, 9.17) is 0 Å². The molecule has 2 N–H and O–H groups in total. The van der Waals surface area contributed by atoms with E-state index in [1.54, 1.807) is 7.05 Å². The van der Waals surface area contributed by atoms with Gasteiger partial charge in [0.15, 0.2) is 0 Å². The zero-order chi connectivity index (χ0) is 11.0. The van der Waals surface area contributed by atoms with Gasteiger partial charge in [-0.25, -0.2) is 13.1 Å². The molecule has 14 heavy (non-hydrogen) atoms. The van der Waals surface area contributed by atoms with Crippen molar-refractivity contribution < 1.29 is 8.42 Å². The normalized spacial score (nSPS) is 14.2. The monoisotopic (exact) mass is 222 g/mol. The van der Waals surface area contributed by atoms with Crippen LogP contribution in [0.25, 0.3) is 0 Å². The molecule has 0 aromatic carbocycles. The fraction of sp³-hybridized carbons (Fsp3) is 1.00. The minimum absolute atomic E-state index is 0.0526. The molecule has 0 spiro atoms. The molecular formula is C9H22N2O2S. The Morgan fingerprint density at radius 1 is 1.36 bits per heavy atom. The number of nitrogens with one attached hydrogen (secondary N) is 2. The Bertz CT molecular complexity index is 227. The van der Waals surface area contributed by atoms with Crippen molar-refractivity contribution in [2.75, 3.05) is 19.3 Å². The smallest absolute Gasteiger partial charge is 0.213 e. The van der Waals surface area contributed by atoms with Crippen LogP contribution in [0.4, 0.5) is 0 Å². The first kappa shape index (κ1) is 13.9. The largest absolute Gasteiger partial charge is 0.319 e. The molecule has 0 rings (SSSR count). The maximum Gasteiger partial charge on any atom is 0.213 e. The highest BCUT2D eigenvalue weighted by Gasteiger charge is 2.12. The van der Waals surface area contributed by atoms with Gasteiger partial charge in [-0.05, 0) is 20.4 Å². The summed E-state index contributed by atoms with van der Waals surface area (Å²) in [6.07, 6.45) is 3.08. The van der Waals surface area contributed by atoms with Crippen molar-refractivity contribution >= 4 is 10.0 Å². The predicted octanol–water partition coefficient (Wildman–Crippen LogP) is 0.704. The van der Waals surface area contributed by atoms with Gasteiger partial charge in [-0.15, -0.1) is 0 Å². The number of unbranched alkanes of at least 4 members (excludes halogenated alkanes) is 1. The summed E-state index contributed by atoms with van der Waals surface area (Å²) < 4.78 is 25.5. The minimum atomic E-state index is -3.09. The Labute approximate surface area is 87.5 Å². The Kier molecular flexibility index (Phi) is 7.13. The van der Waals surface area contributed by atoms with E-state index in [-0.39, 0.29) is 11.8 Å². The fourth-order valence-corrected chi connectivity index (χ4v) is 2.49. The predicted molar refractivity (Wildman–Crippen MR) is 59.8 cm³/mol. The van der Waals surface area contributed by atoms with Crippen molar-refractivity contribution in [1.29, 1.82) is 0 Å². The van der Waals surface area contributed by atoms with Gasteiger partial charge >= 0.3 is 0 Å². The van der Waals surface area contributed by atoms with Crippen LogP contribution in [0.1, 0.15) is 33.1 Å². The molecule has 1 unspecified atom stereocenters. The molecule has 0 saturated carbocycles. The molecule has 0 bridgehead atoms. The topological polar surface area (TPSA) is 58.2 Å². The van der Waals surface area contributed by atoms with Crippen LogP contribution in [-0.4, -0.2) is 33.8 Å². The highest BCUT2D eigenvalue weighted by Crippen LogP contribution is 2.01. The number of rotatable bonds is 8. The van der Waals surface area contributed by atoms with Gasteiger partial charge in [0, 0.05) is 12.6 Å². The van der Waals surface area contributed by atoms with Gasteiger partial charge in [-0.3, -0.25) is 0 Å². The SMILES string of the molecule is CCCCC(C)NS(=O)(=O)CCNC. The van der Waals surface area contributed by atoms with Crippen LogP contribution in [0.5, 0.6) is 0 Å². The van der Waals surface area contributed by atoms with Crippen molar-refractivity contribution in [2.45, 2.75) is 39.2 Å². The molecule has 1 atom stereocenters. The number of hydrogen-bond donors (Lipinski definition) is 2. The zero-order valence-electron chi connectivity index (χ0n) is 9.34. The van der Waals surface area contributed by atoms with E-state index in [0.29, 0.717) is 6.54 Å². The number of hydrogen-bond acceptors (Lipinski definition) is 3. The van der Waals surface area contributed by atoms with Gasteiger partial charge in [0.1, 0.15) is 0 Å². The van der Waals surface area contributed by atoms with Crippen LogP contribution in [0.2, 0.25) is 0 Å². The summed E-state index contributed by atoms with van der Waals surface area (Å²) in [5, 5.41) is 2.82. The summed E-state index contributed by atoms with van der Waals surface area (Å²) in [6, 6.07) is 0.0526. The van der Waals surface area contributed by atoms with Gasteiger partial charge in [0.25, 0.3) is 0 Å². The Hall–Kier alpha value is -0.130.